The molecule has 0 bridgehead atoms. The van der Waals surface area contributed by atoms with Gasteiger partial charge in [-0.05, 0) is 55.5 Å². The van der Waals surface area contributed by atoms with Crippen LogP contribution in [0.1, 0.15) is 18.4 Å². The summed E-state index contributed by atoms with van der Waals surface area (Å²) in [6.07, 6.45) is 3.69. The Bertz CT molecular complexity index is 858. The molecule has 1 aliphatic rings. The van der Waals surface area contributed by atoms with Gasteiger partial charge in [-0.15, -0.1) is 0 Å². The molecule has 1 amide bonds. The lowest BCUT2D eigenvalue weighted by molar-refractivity contribution is -0.118. The number of pyridine rings is 1. The Hall–Kier alpha value is -2.54. The fraction of sp³-hybridized carbons (Fsp3) is 0.368. The van der Waals surface area contributed by atoms with Crippen LogP contribution in [-0.4, -0.2) is 23.1 Å². The van der Waals surface area contributed by atoms with E-state index < -0.39 is 11.6 Å². The van der Waals surface area contributed by atoms with Crippen LogP contribution in [-0.2, 0) is 18.3 Å². The molecule has 2 unspecified atom stereocenters. The summed E-state index contributed by atoms with van der Waals surface area (Å²) in [5, 5.41) is 6.02. The van der Waals surface area contributed by atoms with Gasteiger partial charge in [0.1, 0.15) is 0 Å². The minimum atomic E-state index is -0.842. The fourth-order valence-corrected chi connectivity index (χ4v) is 3.21. The Kier molecular flexibility index (Phi) is 5.46. The number of hydrogen-bond donors (Lipinski definition) is 2. The fourth-order valence-electron chi connectivity index (χ4n) is 3.21. The predicted octanol–water partition coefficient (Wildman–Crippen LogP) is 2.21. The van der Waals surface area contributed by atoms with Gasteiger partial charge in [0, 0.05) is 19.3 Å². The summed E-state index contributed by atoms with van der Waals surface area (Å²) in [4.78, 5) is 23.7. The molecule has 0 radical (unpaired) electrons. The minimum Gasteiger partial charge on any atom is -0.323 e. The third-order valence-electron chi connectivity index (χ3n) is 4.69. The Morgan fingerprint density at radius 1 is 1.23 bits per heavy atom. The zero-order valence-corrected chi connectivity index (χ0v) is 14.5. The van der Waals surface area contributed by atoms with Crippen LogP contribution in [0.2, 0.25) is 0 Å². The number of carbonyl (C=O) groups is 1. The molecule has 0 spiro atoms. The number of amides is 1. The third-order valence-corrected chi connectivity index (χ3v) is 4.69. The minimum absolute atomic E-state index is 0.140. The molecule has 2 heterocycles. The van der Waals surface area contributed by atoms with Crippen LogP contribution < -0.4 is 16.2 Å². The lowest BCUT2D eigenvalue weighted by atomic mass is 9.89. The molecule has 0 saturated carbocycles. The summed E-state index contributed by atoms with van der Waals surface area (Å²) in [6, 6.07) is 6.64. The number of aryl methyl sites for hydroxylation is 1. The van der Waals surface area contributed by atoms with Crippen LogP contribution in [0.5, 0.6) is 0 Å². The number of rotatable bonds is 4. The maximum absolute atomic E-state index is 13.3. The van der Waals surface area contributed by atoms with Gasteiger partial charge in [0.05, 0.1) is 11.7 Å². The average Bonchev–Trinajstić information content (AvgIpc) is 2.62. The standard InChI is InChI=1S/C19H21F2N3O2/c1-24-11-14(4-7-18(24)25)23-19(26)17-6-3-13(10-22-17)8-12-2-5-15(20)16(21)9-12/h2,4-5,7,9,11,13,17,22H,3,6,8,10H2,1H3,(H,23,26). The monoisotopic (exact) mass is 361 g/mol. The molecule has 1 fully saturated rings. The highest BCUT2D eigenvalue weighted by Crippen LogP contribution is 2.21. The summed E-state index contributed by atoms with van der Waals surface area (Å²) >= 11 is 0. The van der Waals surface area contributed by atoms with Crippen molar-refractivity contribution in [2.24, 2.45) is 13.0 Å². The number of hydrogen-bond acceptors (Lipinski definition) is 3. The van der Waals surface area contributed by atoms with Crippen molar-refractivity contribution in [2.75, 3.05) is 11.9 Å². The van der Waals surface area contributed by atoms with E-state index in [-0.39, 0.29) is 23.4 Å². The van der Waals surface area contributed by atoms with Crippen molar-refractivity contribution in [3.8, 4) is 0 Å². The van der Waals surface area contributed by atoms with Crippen molar-refractivity contribution in [3.05, 3.63) is 64.1 Å². The highest BCUT2D eigenvalue weighted by Gasteiger charge is 2.26. The molecule has 2 N–H and O–H groups in total. The SMILES string of the molecule is Cn1cc(NC(=O)C2CCC(Cc3ccc(F)c(F)c3)CN2)ccc1=O. The second-order valence-electron chi connectivity index (χ2n) is 6.71. The quantitative estimate of drug-likeness (QED) is 0.878. The molecule has 0 aliphatic carbocycles. The highest BCUT2D eigenvalue weighted by molar-refractivity contribution is 5.94. The lowest BCUT2D eigenvalue weighted by Crippen LogP contribution is -2.46. The largest absolute Gasteiger partial charge is 0.323 e. The molecular weight excluding hydrogens is 340 g/mol. The number of aromatic nitrogens is 1. The number of carbonyl (C=O) groups excluding carboxylic acids is 1. The van der Waals surface area contributed by atoms with E-state index in [1.165, 1.54) is 16.7 Å². The van der Waals surface area contributed by atoms with Crippen molar-refractivity contribution < 1.29 is 13.6 Å². The molecule has 5 nitrogen and oxygen atoms in total. The van der Waals surface area contributed by atoms with Gasteiger partial charge < -0.3 is 15.2 Å². The van der Waals surface area contributed by atoms with E-state index in [4.69, 9.17) is 0 Å². The Morgan fingerprint density at radius 3 is 2.69 bits per heavy atom. The molecule has 1 aromatic carbocycles. The van der Waals surface area contributed by atoms with Crippen LogP contribution in [0, 0.1) is 17.6 Å². The van der Waals surface area contributed by atoms with E-state index in [0.29, 0.717) is 25.1 Å². The van der Waals surface area contributed by atoms with Crippen molar-refractivity contribution >= 4 is 11.6 Å². The topological polar surface area (TPSA) is 63.1 Å². The van der Waals surface area contributed by atoms with Gasteiger partial charge in [0.2, 0.25) is 11.5 Å². The van der Waals surface area contributed by atoms with Gasteiger partial charge >= 0.3 is 0 Å². The first-order valence-electron chi connectivity index (χ1n) is 8.57. The summed E-state index contributed by atoms with van der Waals surface area (Å²) < 4.78 is 27.7. The van der Waals surface area contributed by atoms with E-state index in [0.717, 1.165) is 18.1 Å². The van der Waals surface area contributed by atoms with Crippen molar-refractivity contribution in [3.63, 3.8) is 0 Å². The molecule has 3 rings (SSSR count). The lowest BCUT2D eigenvalue weighted by Gasteiger charge is -2.29. The van der Waals surface area contributed by atoms with E-state index in [1.807, 2.05) is 0 Å². The summed E-state index contributed by atoms with van der Waals surface area (Å²) in [5.41, 5.74) is 1.19. The average molecular weight is 361 g/mol. The Labute approximate surface area is 150 Å². The zero-order valence-electron chi connectivity index (χ0n) is 14.5. The third kappa shape index (κ3) is 4.35. The van der Waals surface area contributed by atoms with Gasteiger partial charge in [-0.1, -0.05) is 6.07 Å². The van der Waals surface area contributed by atoms with Gasteiger partial charge in [0.25, 0.3) is 0 Å². The summed E-state index contributed by atoms with van der Waals surface area (Å²) in [5.74, 6) is -1.55. The molecule has 26 heavy (non-hydrogen) atoms. The number of benzene rings is 1. The van der Waals surface area contributed by atoms with Crippen molar-refractivity contribution in [1.29, 1.82) is 0 Å². The zero-order chi connectivity index (χ0) is 18.7. The molecule has 138 valence electrons. The maximum Gasteiger partial charge on any atom is 0.250 e. The number of anilines is 1. The van der Waals surface area contributed by atoms with E-state index >= 15 is 0 Å². The molecular formula is C19H21F2N3O2. The van der Waals surface area contributed by atoms with Crippen LogP contribution in [0.25, 0.3) is 0 Å². The predicted molar refractivity (Wildman–Crippen MR) is 94.9 cm³/mol. The molecule has 1 aliphatic heterocycles. The number of halogens is 2. The summed E-state index contributed by atoms with van der Waals surface area (Å²) in [6.45, 7) is 0.629. The van der Waals surface area contributed by atoms with Crippen molar-refractivity contribution in [2.45, 2.75) is 25.3 Å². The molecule has 2 atom stereocenters. The van der Waals surface area contributed by atoms with Gasteiger partial charge in [-0.25, -0.2) is 8.78 Å². The van der Waals surface area contributed by atoms with Crippen LogP contribution in [0.4, 0.5) is 14.5 Å². The first-order valence-corrected chi connectivity index (χ1v) is 8.57. The number of nitrogens with zero attached hydrogens (tertiary/aromatic N) is 1. The first kappa shape index (κ1) is 18.3. The van der Waals surface area contributed by atoms with E-state index in [2.05, 4.69) is 10.6 Å². The van der Waals surface area contributed by atoms with Gasteiger partial charge in [0.15, 0.2) is 11.6 Å². The smallest absolute Gasteiger partial charge is 0.250 e. The Morgan fingerprint density at radius 2 is 2.04 bits per heavy atom. The van der Waals surface area contributed by atoms with Gasteiger partial charge in [-0.2, -0.15) is 0 Å². The van der Waals surface area contributed by atoms with E-state index in [1.54, 1.807) is 25.4 Å². The second kappa shape index (κ2) is 7.78. The molecule has 1 saturated heterocycles. The second-order valence-corrected chi connectivity index (χ2v) is 6.71. The normalized spacial score (nSPS) is 20.0. The van der Waals surface area contributed by atoms with Gasteiger partial charge in [-0.3, -0.25) is 9.59 Å². The van der Waals surface area contributed by atoms with Crippen LogP contribution in [0.15, 0.2) is 41.3 Å². The van der Waals surface area contributed by atoms with Crippen LogP contribution in [0.3, 0.4) is 0 Å². The molecule has 2 aromatic rings. The summed E-state index contributed by atoms with van der Waals surface area (Å²) in [7, 11) is 1.62. The van der Waals surface area contributed by atoms with Crippen molar-refractivity contribution in [1.82, 2.24) is 9.88 Å². The number of nitrogens with one attached hydrogen (secondary N) is 2. The number of piperidine rings is 1. The first-order chi connectivity index (χ1) is 12.4. The van der Waals surface area contributed by atoms with E-state index in [9.17, 15) is 18.4 Å². The highest BCUT2D eigenvalue weighted by atomic mass is 19.2. The molecule has 1 aromatic heterocycles. The Balaban J connectivity index is 1.52. The molecule has 7 heteroatoms. The van der Waals surface area contributed by atoms with Crippen LogP contribution >= 0.6 is 0 Å². The maximum atomic E-state index is 13.3.